The summed E-state index contributed by atoms with van der Waals surface area (Å²) in [6, 6.07) is 9.45. The molecule has 0 radical (unpaired) electrons. The summed E-state index contributed by atoms with van der Waals surface area (Å²) in [6.45, 7) is 1.99. The van der Waals surface area contributed by atoms with Gasteiger partial charge in [-0.2, -0.15) is 13.2 Å². The Kier molecular flexibility index (Phi) is 6.09. The molecule has 1 aliphatic heterocycles. The normalized spacial score (nSPS) is 15.9. The minimum atomic E-state index is -4.87. The van der Waals surface area contributed by atoms with E-state index in [2.05, 4.69) is 4.72 Å². The summed E-state index contributed by atoms with van der Waals surface area (Å²) in [6.07, 6.45) is -5.60. The summed E-state index contributed by atoms with van der Waals surface area (Å²) in [5.74, 6) is 0. The van der Waals surface area contributed by atoms with Gasteiger partial charge in [0.15, 0.2) is 0 Å². The van der Waals surface area contributed by atoms with Gasteiger partial charge in [0.05, 0.1) is 10.5 Å². The molecule has 2 N–H and O–H groups in total. The average molecular weight is 442 g/mol. The molecule has 0 spiro atoms. The van der Waals surface area contributed by atoms with Crippen LogP contribution in [0, 0.1) is 6.92 Å². The lowest BCUT2D eigenvalue weighted by Crippen LogP contribution is -2.46. The third-order valence-electron chi connectivity index (χ3n) is 5.12. The van der Waals surface area contributed by atoms with Crippen molar-refractivity contribution in [2.45, 2.75) is 36.9 Å². The van der Waals surface area contributed by atoms with Gasteiger partial charge in [0.1, 0.15) is 0 Å². The fourth-order valence-electron chi connectivity index (χ4n) is 3.52. The van der Waals surface area contributed by atoms with Crippen molar-refractivity contribution >= 4 is 16.1 Å². The summed E-state index contributed by atoms with van der Waals surface area (Å²) in [7, 11) is -4.46. The summed E-state index contributed by atoms with van der Waals surface area (Å²) in [5.41, 5.74) is 0.387. The molecule has 3 rings (SSSR count). The number of alkyl halides is 3. The van der Waals surface area contributed by atoms with Crippen molar-refractivity contribution in [2.75, 3.05) is 13.1 Å². The van der Waals surface area contributed by atoms with Gasteiger partial charge >= 0.3 is 12.3 Å². The molecule has 2 aromatic carbocycles. The first-order chi connectivity index (χ1) is 14.0. The van der Waals surface area contributed by atoms with E-state index in [-0.39, 0.29) is 31.5 Å². The lowest BCUT2D eigenvalue weighted by Gasteiger charge is -2.30. The Labute approximate surface area is 172 Å². The number of amides is 1. The van der Waals surface area contributed by atoms with Crippen LogP contribution in [0.25, 0.3) is 11.1 Å². The second-order valence-electron chi connectivity index (χ2n) is 7.19. The van der Waals surface area contributed by atoms with Crippen LogP contribution in [-0.2, 0) is 16.2 Å². The number of halogens is 3. The molecule has 1 amide bonds. The molecular formula is C20H21F3N2O4S. The van der Waals surface area contributed by atoms with E-state index >= 15 is 0 Å². The molecule has 162 valence electrons. The zero-order chi connectivity index (χ0) is 22.1. The van der Waals surface area contributed by atoms with Crippen molar-refractivity contribution in [3.63, 3.8) is 0 Å². The Morgan fingerprint density at radius 2 is 1.77 bits per heavy atom. The molecular weight excluding hydrogens is 421 g/mol. The molecule has 0 bridgehead atoms. The fraction of sp³-hybridized carbons (Fsp3) is 0.350. The first-order valence-electron chi connectivity index (χ1n) is 9.26. The van der Waals surface area contributed by atoms with Crippen LogP contribution in [0.2, 0.25) is 0 Å². The SMILES string of the molecule is Cc1ccccc1-c1ccc(S(=O)(=O)NC2CCN(C(=O)O)CC2)c(C(F)(F)F)c1. The molecule has 30 heavy (non-hydrogen) atoms. The second kappa shape index (κ2) is 8.27. The number of piperidine rings is 1. The quantitative estimate of drug-likeness (QED) is 0.747. The van der Waals surface area contributed by atoms with Crippen molar-refractivity contribution in [1.29, 1.82) is 0 Å². The van der Waals surface area contributed by atoms with Gasteiger partial charge in [-0.05, 0) is 48.6 Å². The highest BCUT2D eigenvalue weighted by Gasteiger charge is 2.38. The first-order valence-corrected chi connectivity index (χ1v) is 10.7. The molecule has 0 saturated carbocycles. The molecule has 0 unspecified atom stereocenters. The van der Waals surface area contributed by atoms with Crippen LogP contribution < -0.4 is 4.72 Å². The number of aryl methyl sites for hydroxylation is 1. The number of nitrogens with one attached hydrogen (secondary N) is 1. The summed E-state index contributed by atoms with van der Waals surface area (Å²) in [5, 5.41) is 8.96. The van der Waals surface area contributed by atoms with Gasteiger partial charge in [-0.25, -0.2) is 17.9 Å². The number of sulfonamides is 1. The Morgan fingerprint density at radius 1 is 1.13 bits per heavy atom. The van der Waals surface area contributed by atoms with E-state index in [9.17, 15) is 26.4 Å². The van der Waals surface area contributed by atoms with Crippen molar-refractivity contribution in [3.8, 4) is 11.1 Å². The minimum absolute atomic E-state index is 0.112. The Hall–Kier alpha value is -2.59. The summed E-state index contributed by atoms with van der Waals surface area (Å²) >= 11 is 0. The topological polar surface area (TPSA) is 86.7 Å². The average Bonchev–Trinajstić information content (AvgIpc) is 2.67. The van der Waals surface area contributed by atoms with Gasteiger partial charge in [0.25, 0.3) is 0 Å². The van der Waals surface area contributed by atoms with Crippen LogP contribution in [0.5, 0.6) is 0 Å². The number of hydrogen-bond acceptors (Lipinski definition) is 3. The van der Waals surface area contributed by atoms with Crippen molar-refractivity contribution in [3.05, 3.63) is 53.6 Å². The van der Waals surface area contributed by atoms with E-state index in [1.807, 2.05) is 0 Å². The molecule has 10 heteroatoms. The predicted octanol–water partition coefficient (Wildman–Crippen LogP) is 4.10. The standard InChI is InChI=1S/C20H21F3N2O4S/c1-13-4-2-3-5-16(13)14-6-7-18(17(12-14)20(21,22)23)30(28,29)24-15-8-10-25(11-9-15)19(26)27/h2-7,12,15,24H,8-11H2,1H3,(H,26,27). The number of benzene rings is 2. The van der Waals surface area contributed by atoms with Crippen LogP contribution in [0.1, 0.15) is 24.0 Å². The minimum Gasteiger partial charge on any atom is -0.465 e. The number of rotatable bonds is 4. The second-order valence-corrected chi connectivity index (χ2v) is 8.87. The summed E-state index contributed by atoms with van der Waals surface area (Å²) in [4.78, 5) is 11.3. The zero-order valence-electron chi connectivity index (χ0n) is 16.1. The fourth-order valence-corrected chi connectivity index (χ4v) is 5.03. The van der Waals surface area contributed by atoms with Crippen LogP contribution in [0.15, 0.2) is 47.4 Å². The molecule has 1 aliphatic rings. The first kappa shape index (κ1) is 22.1. The molecule has 6 nitrogen and oxygen atoms in total. The van der Waals surface area contributed by atoms with Crippen LogP contribution in [0.4, 0.5) is 18.0 Å². The van der Waals surface area contributed by atoms with Gasteiger partial charge < -0.3 is 10.0 Å². The highest BCUT2D eigenvalue weighted by atomic mass is 32.2. The molecule has 1 saturated heterocycles. The van der Waals surface area contributed by atoms with Crippen molar-refractivity contribution in [2.24, 2.45) is 0 Å². The Morgan fingerprint density at radius 3 is 2.33 bits per heavy atom. The number of carboxylic acid groups (broad SMARTS) is 1. The van der Waals surface area contributed by atoms with E-state index in [1.165, 1.54) is 6.07 Å². The van der Waals surface area contributed by atoms with Crippen LogP contribution >= 0.6 is 0 Å². The van der Waals surface area contributed by atoms with Gasteiger partial charge in [0, 0.05) is 19.1 Å². The van der Waals surface area contributed by atoms with Crippen LogP contribution in [-0.4, -0.2) is 43.6 Å². The van der Waals surface area contributed by atoms with E-state index in [4.69, 9.17) is 5.11 Å². The highest BCUT2D eigenvalue weighted by Crippen LogP contribution is 2.37. The third-order valence-corrected chi connectivity index (χ3v) is 6.70. The number of nitrogens with zero attached hydrogens (tertiary/aromatic N) is 1. The van der Waals surface area contributed by atoms with Gasteiger partial charge in [0.2, 0.25) is 10.0 Å². The lowest BCUT2D eigenvalue weighted by molar-refractivity contribution is -0.139. The Bertz CT molecular complexity index is 1050. The highest BCUT2D eigenvalue weighted by molar-refractivity contribution is 7.89. The maximum Gasteiger partial charge on any atom is 0.417 e. The van der Waals surface area contributed by atoms with E-state index in [0.29, 0.717) is 5.56 Å². The number of likely N-dealkylation sites (tertiary alicyclic amines) is 1. The van der Waals surface area contributed by atoms with Gasteiger partial charge in [-0.3, -0.25) is 0 Å². The van der Waals surface area contributed by atoms with E-state index < -0.39 is 38.8 Å². The largest absolute Gasteiger partial charge is 0.465 e. The van der Waals surface area contributed by atoms with Crippen molar-refractivity contribution in [1.82, 2.24) is 9.62 Å². The number of carbonyl (C=O) groups is 1. The van der Waals surface area contributed by atoms with Gasteiger partial charge in [-0.1, -0.05) is 30.3 Å². The molecule has 1 fully saturated rings. The number of hydrogen-bond donors (Lipinski definition) is 2. The lowest BCUT2D eigenvalue weighted by atomic mass is 9.99. The molecule has 2 aromatic rings. The maximum atomic E-state index is 13.7. The molecule has 0 aromatic heterocycles. The van der Waals surface area contributed by atoms with E-state index in [1.54, 1.807) is 31.2 Å². The molecule has 0 atom stereocenters. The monoisotopic (exact) mass is 442 g/mol. The molecule has 1 heterocycles. The predicted molar refractivity (Wildman–Crippen MR) is 105 cm³/mol. The molecule has 0 aliphatic carbocycles. The van der Waals surface area contributed by atoms with Crippen LogP contribution in [0.3, 0.4) is 0 Å². The van der Waals surface area contributed by atoms with Crippen molar-refractivity contribution < 1.29 is 31.5 Å². The van der Waals surface area contributed by atoms with E-state index in [0.717, 1.165) is 22.6 Å². The maximum absolute atomic E-state index is 13.7. The zero-order valence-corrected chi connectivity index (χ0v) is 16.9. The van der Waals surface area contributed by atoms with Gasteiger partial charge in [-0.15, -0.1) is 0 Å². The summed E-state index contributed by atoms with van der Waals surface area (Å²) < 4.78 is 69.0. The third kappa shape index (κ3) is 4.76. The Balaban J connectivity index is 1.92. The smallest absolute Gasteiger partial charge is 0.417 e.